The van der Waals surface area contributed by atoms with Gasteiger partial charge in [-0.05, 0) is 55.2 Å². The number of para-hydroxylation sites is 1. The lowest BCUT2D eigenvalue weighted by atomic mass is 9.65. The van der Waals surface area contributed by atoms with Crippen molar-refractivity contribution in [1.82, 2.24) is 4.90 Å². The SMILES string of the molecule is CC1(C)C[C@](C)(c2ccccc2)c2ccccc2N1C(=O)[C@H](Cc1ccccc1)N1C(=O)c2ccccc2C1=O. The van der Waals surface area contributed by atoms with Crippen LogP contribution in [0.1, 0.15) is 64.6 Å². The van der Waals surface area contributed by atoms with Crippen LogP contribution in [0.3, 0.4) is 0 Å². The Bertz CT molecular complexity index is 1580. The lowest BCUT2D eigenvalue weighted by molar-refractivity contribution is -0.123. The number of hydrogen-bond acceptors (Lipinski definition) is 3. The minimum absolute atomic E-state index is 0.232. The third-order valence-electron chi connectivity index (χ3n) is 8.46. The summed E-state index contributed by atoms with van der Waals surface area (Å²) in [5.41, 5.74) is 3.67. The molecule has 0 aromatic heterocycles. The second-order valence-electron chi connectivity index (χ2n) is 11.6. The molecule has 5 heteroatoms. The molecule has 2 aliphatic heterocycles. The monoisotopic (exact) mass is 528 g/mol. The van der Waals surface area contributed by atoms with Crippen molar-refractivity contribution in [3.05, 3.63) is 137 Å². The van der Waals surface area contributed by atoms with Gasteiger partial charge in [-0.1, -0.05) is 97.9 Å². The Morgan fingerprint density at radius 1 is 0.725 bits per heavy atom. The smallest absolute Gasteiger partial charge is 0.262 e. The highest BCUT2D eigenvalue weighted by molar-refractivity contribution is 6.23. The number of imide groups is 1. The van der Waals surface area contributed by atoms with Crippen molar-refractivity contribution in [2.24, 2.45) is 0 Å². The quantitative estimate of drug-likeness (QED) is 0.281. The zero-order valence-electron chi connectivity index (χ0n) is 23.0. The van der Waals surface area contributed by atoms with Crippen LogP contribution >= 0.6 is 0 Å². The molecule has 6 rings (SSSR count). The van der Waals surface area contributed by atoms with Crippen LogP contribution in [0.5, 0.6) is 0 Å². The van der Waals surface area contributed by atoms with Crippen LogP contribution in [0.2, 0.25) is 0 Å². The number of amides is 3. The van der Waals surface area contributed by atoms with E-state index in [1.165, 1.54) is 10.5 Å². The number of nitrogens with zero attached hydrogens (tertiary/aromatic N) is 2. The first-order chi connectivity index (χ1) is 19.2. The standard InChI is InChI=1S/C35H32N2O3/c1-34(2)23-35(3,25-16-8-5-9-17-25)28-20-12-13-21-29(28)37(34)33(40)30(22-24-14-6-4-7-15-24)36-31(38)26-18-10-11-19-27(26)32(36)39/h4-21,30H,22-23H2,1-3H3/t30-,35+/m0/s1. The predicted molar refractivity (Wildman–Crippen MR) is 156 cm³/mol. The minimum Gasteiger partial charge on any atom is -0.305 e. The molecule has 4 aromatic carbocycles. The molecule has 0 spiro atoms. The Balaban J connectivity index is 1.48. The minimum atomic E-state index is -0.997. The van der Waals surface area contributed by atoms with Crippen molar-refractivity contribution >= 4 is 23.4 Å². The van der Waals surface area contributed by atoms with Gasteiger partial charge in [0, 0.05) is 23.1 Å². The molecule has 0 bridgehead atoms. The summed E-state index contributed by atoms with van der Waals surface area (Å²) >= 11 is 0. The van der Waals surface area contributed by atoms with E-state index in [1.54, 1.807) is 24.3 Å². The van der Waals surface area contributed by atoms with Crippen LogP contribution in [0.15, 0.2) is 109 Å². The first kappa shape index (κ1) is 25.8. The first-order valence-electron chi connectivity index (χ1n) is 13.7. The fourth-order valence-corrected chi connectivity index (χ4v) is 6.75. The van der Waals surface area contributed by atoms with Gasteiger partial charge in [0.2, 0.25) is 0 Å². The highest BCUT2D eigenvalue weighted by atomic mass is 16.2. The van der Waals surface area contributed by atoms with Crippen molar-refractivity contribution < 1.29 is 14.4 Å². The Morgan fingerprint density at radius 2 is 1.25 bits per heavy atom. The Hall–Kier alpha value is -4.51. The topological polar surface area (TPSA) is 57.7 Å². The van der Waals surface area contributed by atoms with E-state index < -0.39 is 23.4 Å². The van der Waals surface area contributed by atoms with Gasteiger partial charge in [-0.25, -0.2) is 0 Å². The Kier molecular flexibility index (Phi) is 6.18. The molecule has 40 heavy (non-hydrogen) atoms. The molecule has 0 radical (unpaired) electrons. The third-order valence-corrected chi connectivity index (χ3v) is 8.46. The Morgan fingerprint density at radius 3 is 1.88 bits per heavy atom. The van der Waals surface area contributed by atoms with Gasteiger partial charge in [-0.3, -0.25) is 19.3 Å². The number of carbonyl (C=O) groups excluding carboxylic acids is 3. The van der Waals surface area contributed by atoms with Gasteiger partial charge < -0.3 is 4.90 Å². The van der Waals surface area contributed by atoms with E-state index in [-0.39, 0.29) is 17.7 Å². The lowest BCUT2D eigenvalue weighted by Gasteiger charge is -2.52. The summed E-state index contributed by atoms with van der Waals surface area (Å²) in [5.74, 6) is -1.11. The molecular formula is C35H32N2O3. The van der Waals surface area contributed by atoms with E-state index in [0.29, 0.717) is 17.5 Å². The van der Waals surface area contributed by atoms with E-state index in [9.17, 15) is 14.4 Å². The summed E-state index contributed by atoms with van der Waals surface area (Å²) in [6.07, 6.45) is 0.906. The number of fused-ring (bicyclic) bond motifs is 2. The fourth-order valence-electron chi connectivity index (χ4n) is 6.75. The van der Waals surface area contributed by atoms with Crippen molar-refractivity contribution in [3.63, 3.8) is 0 Å². The van der Waals surface area contributed by atoms with Crippen molar-refractivity contribution in [2.75, 3.05) is 4.90 Å². The van der Waals surface area contributed by atoms with E-state index in [2.05, 4.69) is 39.0 Å². The van der Waals surface area contributed by atoms with Crippen molar-refractivity contribution in [1.29, 1.82) is 0 Å². The maximum atomic E-state index is 14.8. The van der Waals surface area contributed by atoms with Gasteiger partial charge in [0.05, 0.1) is 11.1 Å². The molecule has 2 atom stereocenters. The van der Waals surface area contributed by atoms with Crippen LogP contribution in [0.4, 0.5) is 5.69 Å². The summed E-state index contributed by atoms with van der Waals surface area (Å²) in [7, 11) is 0. The maximum Gasteiger partial charge on any atom is 0.262 e. The second kappa shape index (κ2) is 9.60. The highest BCUT2D eigenvalue weighted by Gasteiger charge is 2.51. The van der Waals surface area contributed by atoms with E-state index >= 15 is 0 Å². The summed E-state index contributed by atoms with van der Waals surface area (Å²) < 4.78 is 0. The highest BCUT2D eigenvalue weighted by Crippen LogP contribution is 2.50. The number of rotatable bonds is 5. The molecule has 0 saturated carbocycles. The fraction of sp³-hybridized carbons (Fsp3) is 0.229. The van der Waals surface area contributed by atoms with E-state index in [4.69, 9.17) is 0 Å². The Labute approximate surface area is 235 Å². The molecule has 0 aliphatic carbocycles. The van der Waals surface area contributed by atoms with Crippen LogP contribution in [-0.4, -0.2) is 34.2 Å². The summed E-state index contributed by atoms with van der Waals surface area (Å²) in [6.45, 7) is 6.38. The molecule has 2 heterocycles. The predicted octanol–water partition coefficient (Wildman–Crippen LogP) is 6.42. The molecule has 200 valence electrons. The number of carbonyl (C=O) groups is 3. The molecule has 4 aromatic rings. The molecular weight excluding hydrogens is 496 g/mol. The van der Waals surface area contributed by atoms with Crippen LogP contribution in [0, 0.1) is 0 Å². The normalized spacial score (nSPS) is 20.2. The zero-order valence-corrected chi connectivity index (χ0v) is 23.0. The number of benzene rings is 4. The van der Waals surface area contributed by atoms with Crippen LogP contribution in [-0.2, 0) is 16.6 Å². The summed E-state index contributed by atoms with van der Waals surface area (Å²) in [4.78, 5) is 45.2. The van der Waals surface area contributed by atoms with Crippen LogP contribution in [0.25, 0.3) is 0 Å². The van der Waals surface area contributed by atoms with Gasteiger partial charge in [0.15, 0.2) is 0 Å². The van der Waals surface area contributed by atoms with Gasteiger partial charge in [0.25, 0.3) is 17.7 Å². The summed E-state index contributed by atoms with van der Waals surface area (Å²) in [6, 6.07) is 33.8. The molecule has 0 N–H and O–H groups in total. The second-order valence-corrected chi connectivity index (χ2v) is 11.6. The van der Waals surface area contributed by atoms with Crippen molar-refractivity contribution in [3.8, 4) is 0 Å². The zero-order chi connectivity index (χ0) is 28.1. The lowest BCUT2D eigenvalue weighted by Crippen LogP contribution is -2.61. The van der Waals surface area contributed by atoms with Gasteiger partial charge in [-0.2, -0.15) is 0 Å². The maximum absolute atomic E-state index is 14.8. The van der Waals surface area contributed by atoms with E-state index in [0.717, 1.165) is 16.8 Å². The molecule has 0 unspecified atom stereocenters. The summed E-state index contributed by atoms with van der Waals surface area (Å²) in [5, 5.41) is 0. The molecule has 0 saturated heterocycles. The number of hydrogen-bond donors (Lipinski definition) is 0. The molecule has 2 aliphatic rings. The van der Waals surface area contributed by atoms with Gasteiger partial charge >= 0.3 is 0 Å². The van der Waals surface area contributed by atoms with Crippen molar-refractivity contribution in [2.45, 2.75) is 50.6 Å². The van der Waals surface area contributed by atoms with E-state index in [1.807, 2.05) is 71.6 Å². The molecule has 0 fully saturated rings. The largest absolute Gasteiger partial charge is 0.305 e. The first-order valence-corrected chi connectivity index (χ1v) is 13.7. The van der Waals surface area contributed by atoms with Gasteiger partial charge in [0.1, 0.15) is 6.04 Å². The molecule has 3 amide bonds. The third kappa shape index (κ3) is 4.04. The average Bonchev–Trinajstić information content (AvgIpc) is 3.21. The molecule has 5 nitrogen and oxygen atoms in total. The average molecular weight is 529 g/mol. The van der Waals surface area contributed by atoms with Crippen LogP contribution < -0.4 is 4.90 Å². The van der Waals surface area contributed by atoms with Gasteiger partial charge in [-0.15, -0.1) is 0 Å². The number of anilines is 1.